The van der Waals surface area contributed by atoms with Crippen molar-refractivity contribution in [1.82, 2.24) is 24.6 Å². The van der Waals surface area contributed by atoms with Gasteiger partial charge >= 0.3 is 0 Å². The van der Waals surface area contributed by atoms with Crippen molar-refractivity contribution in [2.45, 2.75) is 20.8 Å². The third kappa shape index (κ3) is 2.52. The van der Waals surface area contributed by atoms with Crippen LogP contribution in [0.2, 0.25) is 0 Å². The average molecular weight is 296 g/mol. The van der Waals surface area contributed by atoms with Gasteiger partial charge in [0, 0.05) is 23.4 Å². The fraction of sp³-hybridized carbons (Fsp3) is 0.267. The highest BCUT2D eigenvalue weighted by Crippen LogP contribution is 2.24. The van der Waals surface area contributed by atoms with Gasteiger partial charge in [-0.2, -0.15) is 9.61 Å². The van der Waals surface area contributed by atoms with Crippen LogP contribution >= 0.6 is 0 Å². The first-order chi connectivity index (χ1) is 10.5. The zero-order valence-electron chi connectivity index (χ0n) is 12.6. The van der Waals surface area contributed by atoms with Crippen LogP contribution in [-0.4, -0.2) is 30.5 Å². The smallest absolute Gasteiger partial charge is 0.234 e. The molecule has 0 atom stereocenters. The second-order valence-corrected chi connectivity index (χ2v) is 5.93. The largest absolute Gasteiger partial charge is 0.294 e. The third-order valence-corrected chi connectivity index (χ3v) is 3.20. The standard InChI is InChI=1S/C15H16N6O/c1-15(2,3)13(22)20-14-18-9-17-12-11(8-19-21(12)14)10-4-6-16-7-5-10/h4-9H,1-3H3,(H,17,18,20,22). The van der Waals surface area contributed by atoms with E-state index in [1.54, 1.807) is 18.6 Å². The van der Waals surface area contributed by atoms with Gasteiger partial charge in [-0.05, 0) is 17.7 Å². The van der Waals surface area contributed by atoms with Crippen molar-refractivity contribution in [3.8, 4) is 11.1 Å². The number of carbonyl (C=O) groups excluding carboxylic acids is 1. The molecule has 22 heavy (non-hydrogen) atoms. The number of carbonyl (C=O) groups is 1. The van der Waals surface area contributed by atoms with Crippen LogP contribution < -0.4 is 5.32 Å². The number of rotatable bonds is 2. The predicted octanol–water partition coefficient (Wildman–Crippen LogP) is 2.17. The minimum absolute atomic E-state index is 0.131. The minimum atomic E-state index is -0.516. The van der Waals surface area contributed by atoms with E-state index in [0.29, 0.717) is 11.6 Å². The lowest BCUT2D eigenvalue weighted by atomic mass is 9.96. The number of nitrogens with one attached hydrogen (secondary N) is 1. The first-order valence-electron chi connectivity index (χ1n) is 6.87. The maximum Gasteiger partial charge on any atom is 0.234 e. The van der Waals surface area contributed by atoms with Gasteiger partial charge in [-0.3, -0.25) is 15.1 Å². The molecule has 0 aliphatic heterocycles. The number of amides is 1. The Labute approximate surface area is 127 Å². The van der Waals surface area contributed by atoms with Gasteiger partial charge in [-0.15, -0.1) is 0 Å². The van der Waals surface area contributed by atoms with Gasteiger partial charge in [-0.25, -0.2) is 9.97 Å². The molecule has 0 fully saturated rings. The molecule has 3 heterocycles. The second kappa shape index (κ2) is 5.18. The second-order valence-electron chi connectivity index (χ2n) is 5.93. The van der Waals surface area contributed by atoms with Gasteiger partial charge in [-0.1, -0.05) is 20.8 Å². The molecule has 3 rings (SSSR count). The molecular weight excluding hydrogens is 280 g/mol. The van der Waals surface area contributed by atoms with Crippen LogP contribution in [0.5, 0.6) is 0 Å². The van der Waals surface area contributed by atoms with E-state index in [-0.39, 0.29) is 5.91 Å². The van der Waals surface area contributed by atoms with E-state index < -0.39 is 5.41 Å². The van der Waals surface area contributed by atoms with E-state index in [2.05, 4.69) is 25.4 Å². The SMILES string of the molecule is CC(C)(C)C(=O)Nc1ncnc2c(-c3ccncc3)cnn12. The van der Waals surface area contributed by atoms with Crippen LogP contribution in [0.25, 0.3) is 16.8 Å². The van der Waals surface area contributed by atoms with Crippen LogP contribution in [0.1, 0.15) is 20.8 Å². The van der Waals surface area contributed by atoms with E-state index in [1.165, 1.54) is 10.8 Å². The number of anilines is 1. The number of nitrogens with zero attached hydrogens (tertiary/aromatic N) is 5. The van der Waals surface area contributed by atoms with Crippen LogP contribution in [-0.2, 0) is 4.79 Å². The lowest BCUT2D eigenvalue weighted by Gasteiger charge is -2.17. The Bertz CT molecular complexity index is 819. The van der Waals surface area contributed by atoms with E-state index in [4.69, 9.17) is 0 Å². The Hall–Kier alpha value is -2.83. The highest BCUT2D eigenvalue weighted by molar-refractivity contribution is 5.93. The van der Waals surface area contributed by atoms with E-state index in [0.717, 1.165) is 11.1 Å². The fourth-order valence-corrected chi connectivity index (χ4v) is 1.92. The van der Waals surface area contributed by atoms with Crippen molar-refractivity contribution in [2.75, 3.05) is 5.32 Å². The van der Waals surface area contributed by atoms with Crippen molar-refractivity contribution in [3.63, 3.8) is 0 Å². The Balaban J connectivity index is 2.05. The summed E-state index contributed by atoms with van der Waals surface area (Å²) in [6.07, 6.45) is 6.54. The molecular formula is C15H16N6O. The monoisotopic (exact) mass is 296 g/mol. The molecule has 0 aliphatic rings. The summed E-state index contributed by atoms with van der Waals surface area (Å²) in [5.41, 5.74) is 1.93. The molecule has 112 valence electrons. The van der Waals surface area contributed by atoms with E-state index in [1.807, 2.05) is 32.9 Å². The molecule has 3 aromatic heterocycles. The summed E-state index contributed by atoms with van der Waals surface area (Å²) < 4.78 is 1.53. The van der Waals surface area contributed by atoms with Gasteiger partial charge in [0.1, 0.15) is 6.33 Å². The van der Waals surface area contributed by atoms with Gasteiger partial charge in [0.05, 0.1) is 6.20 Å². The lowest BCUT2D eigenvalue weighted by molar-refractivity contribution is -0.123. The van der Waals surface area contributed by atoms with Crippen molar-refractivity contribution < 1.29 is 4.79 Å². The molecule has 1 N–H and O–H groups in total. The van der Waals surface area contributed by atoms with E-state index in [9.17, 15) is 4.79 Å². The minimum Gasteiger partial charge on any atom is -0.294 e. The molecule has 0 saturated heterocycles. The summed E-state index contributed by atoms with van der Waals surface area (Å²) in [5.74, 6) is 0.221. The molecule has 0 saturated carbocycles. The van der Waals surface area contributed by atoms with Crippen molar-refractivity contribution in [2.24, 2.45) is 5.41 Å². The third-order valence-electron chi connectivity index (χ3n) is 3.20. The van der Waals surface area contributed by atoms with Crippen LogP contribution in [0, 0.1) is 5.41 Å². The molecule has 0 aromatic carbocycles. The average Bonchev–Trinajstić information content (AvgIpc) is 2.92. The summed E-state index contributed by atoms with van der Waals surface area (Å²) in [7, 11) is 0. The highest BCUT2D eigenvalue weighted by Gasteiger charge is 2.23. The molecule has 0 unspecified atom stereocenters. The normalized spacial score (nSPS) is 11.6. The number of hydrogen-bond acceptors (Lipinski definition) is 5. The topological polar surface area (TPSA) is 85.1 Å². The number of fused-ring (bicyclic) bond motifs is 1. The van der Waals surface area contributed by atoms with Crippen LogP contribution in [0.4, 0.5) is 5.95 Å². The number of aromatic nitrogens is 5. The fourth-order valence-electron chi connectivity index (χ4n) is 1.92. The Kier molecular flexibility index (Phi) is 3.32. The Morgan fingerprint density at radius 1 is 1.18 bits per heavy atom. The summed E-state index contributed by atoms with van der Waals surface area (Å²) in [6, 6.07) is 3.76. The highest BCUT2D eigenvalue weighted by atomic mass is 16.2. The maximum atomic E-state index is 12.1. The Morgan fingerprint density at radius 2 is 1.91 bits per heavy atom. The number of pyridine rings is 1. The summed E-state index contributed by atoms with van der Waals surface area (Å²) >= 11 is 0. The number of hydrogen-bond donors (Lipinski definition) is 1. The van der Waals surface area contributed by atoms with Crippen molar-refractivity contribution >= 4 is 17.5 Å². The summed E-state index contributed by atoms with van der Waals surface area (Å²) in [4.78, 5) is 24.5. The molecule has 0 radical (unpaired) electrons. The van der Waals surface area contributed by atoms with Gasteiger partial charge in [0.2, 0.25) is 11.9 Å². The maximum absolute atomic E-state index is 12.1. The lowest BCUT2D eigenvalue weighted by Crippen LogP contribution is -2.29. The van der Waals surface area contributed by atoms with Crippen LogP contribution in [0.3, 0.4) is 0 Å². The van der Waals surface area contributed by atoms with Crippen molar-refractivity contribution in [1.29, 1.82) is 0 Å². The summed E-state index contributed by atoms with van der Waals surface area (Å²) in [5, 5.41) is 7.07. The first-order valence-corrected chi connectivity index (χ1v) is 6.87. The summed E-state index contributed by atoms with van der Waals surface area (Å²) in [6.45, 7) is 5.52. The first kappa shape index (κ1) is 14.1. The van der Waals surface area contributed by atoms with E-state index >= 15 is 0 Å². The molecule has 3 aromatic rings. The zero-order chi connectivity index (χ0) is 15.7. The zero-order valence-corrected chi connectivity index (χ0v) is 12.6. The van der Waals surface area contributed by atoms with Gasteiger partial charge in [0.25, 0.3) is 0 Å². The Morgan fingerprint density at radius 3 is 2.59 bits per heavy atom. The predicted molar refractivity (Wildman–Crippen MR) is 82.1 cm³/mol. The molecule has 1 amide bonds. The van der Waals surface area contributed by atoms with Gasteiger partial charge < -0.3 is 0 Å². The van der Waals surface area contributed by atoms with Crippen LogP contribution in [0.15, 0.2) is 37.1 Å². The molecule has 0 spiro atoms. The molecule has 0 bridgehead atoms. The van der Waals surface area contributed by atoms with Crippen molar-refractivity contribution in [3.05, 3.63) is 37.1 Å². The molecule has 0 aliphatic carbocycles. The molecule has 7 heteroatoms. The van der Waals surface area contributed by atoms with Gasteiger partial charge in [0.15, 0.2) is 5.65 Å². The molecule has 7 nitrogen and oxygen atoms in total. The quantitative estimate of drug-likeness (QED) is 0.783.